The topological polar surface area (TPSA) is 23.5 Å². The molecule has 0 saturated carbocycles. The van der Waals surface area contributed by atoms with E-state index in [0.29, 0.717) is 36.0 Å². The van der Waals surface area contributed by atoms with Gasteiger partial charge in [-0.25, -0.2) is 4.39 Å². The van der Waals surface area contributed by atoms with E-state index in [1.165, 1.54) is 12.1 Å². The maximum Gasteiger partial charge on any atom is 0.126 e. The van der Waals surface area contributed by atoms with Gasteiger partial charge in [-0.1, -0.05) is 11.6 Å². The molecule has 2 nitrogen and oxygen atoms in total. The number of β-amino-alcohol motifs (C(OH)–C–C–N with tert-alkyl or cyclic N) is 1. The van der Waals surface area contributed by atoms with Gasteiger partial charge in [-0.05, 0) is 44.2 Å². The summed E-state index contributed by atoms with van der Waals surface area (Å²) in [6.45, 7) is 2.63. The van der Waals surface area contributed by atoms with E-state index in [1.54, 1.807) is 6.07 Å². The quantitative estimate of drug-likeness (QED) is 0.880. The van der Waals surface area contributed by atoms with Crippen molar-refractivity contribution in [1.29, 1.82) is 0 Å². The first-order valence-electron chi connectivity index (χ1n) is 5.76. The summed E-state index contributed by atoms with van der Waals surface area (Å²) in [5.74, 6) is -0.301. The average molecular weight is 258 g/mol. The second-order valence-electron chi connectivity index (χ2n) is 5.11. The minimum atomic E-state index is -0.848. The highest BCUT2D eigenvalue weighted by molar-refractivity contribution is 6.30. The Labute approximate surface area is 106 Å². The zero-order valence-corrected chi connectivity index (χ0v) is 10.8. The molecule has 2 unspecified atom stereocenters. The van der Waals surface area contributed by atoms with Gasteiger partial charge < -0.3 is 10.0 Å². The Morgan fingerprint density at radius 1 is 1.59 bits per heavy atom. The Hall–Kier alpha value is -0.640. The molecule has 1 heterocycles. The van der Waals surface area contributed by atoms with E-state index < -0.39 is 5.60 Å². The van der Waals surface area contributed by atoms with Crippen molar-refractivity contribution < 1.29 is 9.50 Å². The maximum atomic E-state index is 13.6. The van der Waals surface area contributed by atoms with E-state index in [0.717, 1.165) is 0 Å². The van der Waals surface area contributed by atoms with E-state index in [4.69, 9.17) is 11.6 Å². The predicted octanol–water partition coefficient (Wildman–Crippen LogP) is 2.48. The molecule has 2 atom stereocenters. The SMILES string of the molecule is CC1CC(O)(Cc2cc(Cl)ccc2F)CN1C. The lowest BCUT2D eigenvalue weighted by molar-refractivity contribution is 0.0512. The van der Waals surface area contributed by atoms with Gasteiger partial charge in [-0.3, -0.25) is 0 Å². The summed E-state index contributed by atoms with van der Waals surface area (Å²) in [6.07, 6.45) is 0.976. The third-order valence-corrected chi connectivity index (χ3v) is 3.73. The lowest BCUT2D eigenvalue weighted by Gasteiger charge is -2.22. The third kappa shape index (κ3) is 2.79. The van der Waals surface area contributed by atoms with Crippen LogP contribution in [0.15, 0.2) is 18.2 Å². The lowest BCUT2D eigenvalue weighted by Crippen LogP contribution is -2.34. The first kappa shape index (κ1) is 12.8. The van der Waals surface area contributed by atoms with E-state index >= 15 is 0 Å². The molecule has 1 N–H and O–H groups in total. The van der Waals surface area contributed by atoms with Crippen molar-refractivity contribution in [1.82, 2.24) is 4.90 Å². The smallest absolute Gasteiger partial charge is 0.126 e. The summed E-state index contributed by atoms with van der Waals surface area (Å²) in [6, 6.07) is 4.79. The van der Waals surface area contributed by atoms with Crippen LogP contribution in [0.5, 0.6) is 0 Å². The fraction of sp³-hybridized carbons (Fsp3) is 0.538. The van der Waals surface area contributed by atoms with Crippen molar-refractivity contribution in [2.45, 2.75) is 31.4 Å². The van der Waals surface area contributed by atoms with Crippen LogP contribution in [0.4, 0.5) is 4.39 Å². The summed E-state index contributed by atoms with van der Waals surface area (Å²) in [5, 5.41) is 11.0. The number of likely N-dealkylation sites (tertiary alicyclic amines) is 1. The van der Waals surface area contributed by atoms with Crippen LogP contribution in [0.1, 0.15) is 18.9 Å². The third-order valence-electron chi connectivity index (χ3n) is 3.50. The highest BCUT2D eigenvalue weighted by atomic mass is 35.5. The van der Waals surface area contributed by atoms with Gasteiger partial charge in [0.1, 0.15) is 5.82 Å². The van der Waals surface area contributed by atoms with Gasteiger partial charge in [0, 0.05) is 24.0 Å². The number of benzene rings is 1. The molecule has 94 valence electrons. The molecule has 1 aromatic rings. The molecule has 4 heteroatoms. The number of aliphatic hydroxyl groups is 1. The van der Waals surface area contributed by atoms with Crippen LogP contribution in [0, 0.1) is 5.82 Å². The molecular formula is C13H17ClFNO. The van der Waals surface area contributed by atoms with Crippen LogP contribution in [-0.2, 0) is 6.42 Å². The molecule has 0 aliphatic carbocycles. The Morgan fingerprint density at radius 3 is 2.88 bits per heavy atom. The molecule has 0 radical (unpaired) electrons. The number of hydrogen-bond donors (Lipinski definition) is 1. The van der Waals surface area contributed by atoms with Crippen molar-refractivity contribution in [2.24, 2.45) is 0 Å². The highest BCUT2D eigenvalue weighted by Gasteiger charge is 2.39. The molecule has 1 aromatic carbocycles. The van der Waals surface area contributed by atoms with E-state index in [2.05, 4.69) is 11.8 Å². The summed E-state index contributed by atoms with van der Waals surface area (Å²) < 4.78 is 13.6. The first-order chi connectivity index (χ1) is 7.89. The van der Waals surface area contributed by atoms with E-state index in [1.807, 2.05) is 7.05 Å². The second-order valence-corrected chi connectivity index (χ2v) is 5.54. The van der Waals surface area contributed by atoms with E-state index in [9.17, 15) is 9.50 Å². The molecule has 0 aromatic heterocycles. The number of rotatable bonds is 2. The predicted molar refractivity (Wildman–Crippen MR) is 66.8 cm³/mol. The number of hydrogen-bond acceptors (Lipinski definition) is 2. The number of likely N-dealkylation sites (N-methyl/N-ethyl adjacent to an activating group) is 1. The molecule has 0 spiro atoms. The maximum absolute atomic E-state index is 13.6. The Kier molecular flexibility index (Phi) is 3.43. The van der Waals surface area contributed by atoms with Gasteiger partial charge in [0.05, 0.1) is 5.60 Å². The van der Waals surface area contributed by atoms with Crippen molar-refractivity contribution in [3.05, 3.63) is 34.6 Å². The monoisotopic (exact) mass is 257 g/mol. The molecule has 17 heavy (non-hydrogen) atoms. The van der Waals surface area contributed by atoms with E-state index in [-0.39, 0.29) is 5.82 Å². The van der Waals surface area contributed by atoms with Crippen LogP contribution in [0.3, 0.4) is 0 Å². The van der Waals surface area contributed by atoms with Gasteiger partial charge in [-0.2, -0.15) is 0 Å². The van der Waals surface area contributed by atoms with Crippen LogP contribution < -0.4 is 0 Å². The molecule has 1 fully saturated rings. The zero-order valence-electron chi connectivity index (χ0n) is 10.1. The summed E-state index contributed by atoms with van der Waals surface area (Å²) in [5.41, 5.74) is -0.359. The summed E-state index contributed by atoms with van der Waals surface area (Å²) in [4.78, 5) is 2.09. The van der Waals surface area contributed by atoms with Crippen LogP contribution in [0.25, 0.3) is 0 Å². The Balaban J connectivity index is 2.18. The fourth-order valence-electron chi connectivity index (χ4n) is 2.55. The summed E-state index contributed by atoms with van der Waals surface area (Å²) in [7, 11) is 1.97. The minimum absolute atomic E-state index is 0.301. The van der Waals surface area contributed by atoms with Crippen molar-refractivity contribution in [3.8, 4) is 0 Å². The van der Waals surface area contributed by atoms with Crippen LogP contribution in [0.2, 0.25) is 5.02 Å². The van der Waals surface area contributed by atoms with Crippen LogP contribution >= 0.6 is 11.6 Å². The number of nitrogens with zero attached hydrogens (tertiary/aromatic N) is 1. The van der Waals surface area contributed by atoms with Crippen LogP contribution in [-0.4, -0.2) is 35.2 Å². The van der Waals surface area contributed by atoms with Gasteiger partial charge in [0.15, 0.2) is 0 Å². The van der Waals surface area contributed by atoms with Gasteiger partial charge in [-0.15, -0.1) is 0 Å². The minimum Gasteiger partial charge on any atom is -0.388 e. The molecule has 2 rings (SSSR count). The molecule has 1 aliphatic rings. The largest absolute Gasteiger partial charge is 0.388 e. The fourth-order valence-corrected chi connectivity index (χ4v) is 2.75. The second kappa shape index (κ2) is 4.56. The van der Waals surface area contributed by atoms with Gasteiger partial charge >= 0.3 is 0 Å². The first-order valence-corrected chi connectivity index (χ1v) is 6.14. The molecule has 1 aliphatic heterocycles. The van der Waals surface area contributed by atoms with Crippen molar-refractivity contribution in [3.63, 3.8) is 0 Å². The summed E-state index contributed by atoms with van der Waals surface area (Å²) >= 11 is 5.85. The van der Waals surface area contributed by atoms with Crippen molar-refractivity contribution in [2.75, 3.05) is 13.6 Å². The normalized spacial score (nSPS) is 29.8. The van der Waals surface area contributed by atoms with Gasteiger partial charge in [0.25, 0.3) is 0 Å². The molecule has 0 amide bonds. The zero-order chi connectivity index (χ0) is 12.6. The van der Waals surface area contributed by atoms with Gasteiger partial charge in [0.2, 0.25) is 0 Å². The molecular weight excluding hydrogens is 241 g/mol. The Morgan fingerprint density at radius 2 is 2.29 bits per heavy atom. The molecule has 0 bridgehead atoms. The Bertz CT molecular complexity index is 414. The highest BCUT2D eigenvalue weighted by Crippen LogP contribution is 2.30. The number of halogens is 2. The van der Waals surface area contributed by atoms with Crippen molar-refractivity contribution >= 4 is 11.6 Å². The molecule has 1 saturated heterocycles. The standard InChI is InChI=1S/C13H17ClFNO/c1-9-6-13(17,8-16(9)2)7-10-5-11(14)3-4-12(10)15/h3-5,9,17H,6-8H2,1-2H3. The average Bonchev–Trinajstić information content (AvgIpc) is 2.47. The lowest BCUT2D eigenvalue weighted by atomic mass is 9.92.